The molecule has 0 bridgehead atoms. The van der Waals surface area contributed by atoms with Crippen LogP contribution in [0.15, 0.2) is 24.3 Å². The van der Waals surface area contributed by atoms with Gasteiger partial charge in [0.05, 0.1) is 5.60 Å². The molecule has 1 aliphatic rings. The Labute approximate surface area is 114 Å². The number of halogens is 2. The maximum absolute atomic E-state index is 12.1. The molecule has 0 aliphatic carbocycles. The zero-order chi connectivity index (χ0) is 14.6. The van der Waals surface area contributed by atoms with Gasteiger partial charge in [0.25, 0.3) is 5.91 Å². The highest BCUT2D eigenvalue weighted by Gasteiger charge is 2.31. The van der Waals surface area contributed by atoms with Crippen LogP contribution in [0.1, 0.15) is 16.8 Å². The van der Waals surface area contributed by atoms with E-state index < -0.39 is 18.1 Å². The first kappa shape index (κ1) is 14.7. The number of alkyl halides is 2. The Morgan fingerprint density at radius 1 is 1.55 bits per heavy atom. The van der Waals surface area contributed by atoms with Crippen LogP contribution in [-0.4, -0.2) is 42.9 Å². The lowest BCUT2D eigenvalue weighted by Gasteiger charge is -2.21. The van der Waals surface area contributed by atoms with Crippen LogP contribution in [0, 0.1) is 0 Å². The maximum atomic E-state index is 12.1. The number of aliphatic hydroxyl groups is 1. The molecule has 5 nitrogen and oxygen atoms in total. The molecule has 2 rings (SSSR count). The Bertz CT molecular complexity index is 476. The van der Waals surface area contributed by atoms with Gasteiger partial charge in [-0.3, -0.25) is 4.79 Å². The molecule has 1 amide bonds. The summed E-state index contributed by atoms with van der Waals surface area (Å²) in [4.78, 5) is 11.9. The molecule has 0 spiro atoms. The molecule has 1 aliphatic heterocycles. The van der Waals surface area contributed by atoms with Crippen molar-refractivity contribution in [3.63, 3.8) is 0 Å². The molecule has 0 radical (unpaired) electrons. The Balaban J connectivity index is 1.95. The summed E-state index contributed by atoms with van der Waals surface area (Å²) in [6.07, 6.45) is 0.557. The fraction of sp³-hybridized carbons (Fsp3) is 0.462. The Kier molecular flexibility index (Phi) is 4.51. The molecule has 1 aromatic carbocycles. The zero-order valence-corrected chi connectivity index (χ0v) is 10.7. The molecule has 0 saturated carbocycles. The topological polar surface area (TPSA) is 70.6 Å². The lowest BCUT2D eigenvalue weighted by molar-refractivity contribution is -0.0498. The average Bonchev–Trinajstić information content (AvgIpc) is 2.83. The second-order valence-electron chi connectivity index (χ2n) is 4.74. The Hall–Kier alpha value is -1.73. The van der Waals surface area contributed by atoms with Crippen molar-refractivity contribution in [2.24, 2.45) is 0 Å². The van der Waals surface area contributed by atoms with E-state index >= 15 is 0 Å². The van der Waals surface area contributed by atoms with Crippen molar-refractivity contribution in [2.45, 2.75) is 18.6 Å². The summed E-state index contributed by atoms with van der Waals surface area (Å²) >= 11 is 0. The van der Waals surface area contributed by atoms with Gasteiger partial charge in [0, 0.05) is 18.7 Å². The molecule has 1 aromatic rings. The number of carbonyl (C=O) groups is 1. The van der Waals surface area contributed by atoms with E-state index in [1.807, 2.05) is 0 Å². The minimum atomic E-state index is -2.93. The number of carbonyl (C=O) groups excluding carboxylic acids is 1. The number of ether oxygens (including phenoxy) is 1. The minimum Gasteiger partial charge on any atom is -0.435 e. The monoisotopic (exact) mass is 286 g/mol. The molecule has 1 heterocycles. The predicted octanol–water partition coefficient (Wildman–Crippen LogP) is 0.742. The first-order valence-electron chi connectivity index (χ1n) is 6.25. The van der Waals surface area contributed by atoms with Crippen LogP contribution in [0.4, 0.5) is 8.78 Å². The van der Waals surface area contributed by atoms with Gasteiger partial charge in [0.1, 0.15) is 5.75 Å². The average molecular weight is 286 g/mol. The molecule has 110 valence electrons. The van der Waals surface area contributed by atoms with E-state index in [9.17, 15) is 18.7 Å². The third-order valence-electron chi connectivity index (χ3n) is 3.12. The summed E-state index contributed by atoms with van der Waals surface area (Å²) < 4.78 is 28.4. The molecule has 7 heteroatoms. The fourth-order valence-corrected chi connectivity index (χ4v) is 2.04. The highest BCUT2D eigenvalue weighted by atomic mass is 19.3. The van der Waals surface area contributed by atoms with Gasteiger partial charge in [-0.25, -0.2) is 0 Å². The van der Waals surface area contributed by atoms with Crippen molar-refractivity contribution in [3.8, 4) is 5.75 Å². The molecular weight excluding hydrogens is 270 g/mol. The number of nitrogens with one attached hydrogen (secondary N) is 2. The SMILES string of the molecule is O=C(NCC1(O)CCNC1)c1cccc(OC(F)F)c1. The van der Waals surface area contributed by atoms with Crippen LogP contribution >= 0.6 is 0 Å². The minimum absolute atomic E-state index is 0.0751. The van der Waals surface area contributed by atoms with E-state index in [2.05, 4.69) is 15.4 Å². The normalized spacial score (nSPS) is 22.0. The molecule has 1 unspecified atom stereocenters. The largest absolute Gasteiger partial charge is 0.435 e. The first-order valence-corrected chi connectivity index (χ1v) is 6.25. The van der Waals surface area contributed by atoms with Crippen molar-refractivity contribution in [3.05, 3.63) is 29.8 Å². The van der Waals surface area contributed by atoms with Gasteiger partial charge in [-0.05, 0) is 31.2 Å². The van der Waals surface area contributed by atoms with E-state index in [1.54, 1.807) is 0 Å². The molecular formula is C13H16F2N2O3. The van der Waals surface area contributed by atoms with Gasteiger partial charge in [-0.1, -0.05) is 6.07 Å². The summed E-state index contributed by atoms with van der Waals surface area (Å²) in [6.45, 7) is -1.71. The zero-order valence-electron chi connectivity index (χ0n) is 10.7. The smallest absolute Gasteiger partial charge is 0.387 e. The Morgan fingerprint density at radius 3 is 3.00 bits per heavy atom. The van der Waals surface area contributed by atoms with Crippen molar-refractivity contribution in [2.75, 3.05) is 19.6 Å². The summed E-state index contributed by atoms with van der Waals surface area (Å²) in [7, 11) is 0. The van der Waals surface area contributed by atoms with Gasteiger partial charge in [-0.2, -0.15) is 8.78 Å². The van der Waals surface area contributed by atoms with Gasteiger partial charge >= 0.3 is 6.61 Å². The number of benzene rings is 1. The van der Waals surface area contributed by atoms with E-state index in [1.165, 1.54) is 24.3 Å². The maximum Gasteiger partial charge on any atom is 0.387 e. The van der Waals surface area contributed by atoms with Crippen molar-refractivity contribution >= 4 is 5.91 Å². The van der Waals surface area contributed by atoms with Gasteiger partial charge < -0.3 is 20.5 Å². The van der Waals surface area contributed by atoms with Crippen LogP contribution in [0.25, 0.3) is 0 Å². The lowest BCUT2D eigenvalue weighted by atomic mass is 10.0. The fourth-order valence-electron chi connectivity index (χ4n) is 2.04. The van der Waals surface area contributed by atoms with Crippen LogP contribution in [0.3, 0.4) is 0 Å². The number of hydrogen-bond donors (Lipinski definition) is 3. The summed E-state index contributed by atoms with van der Waals surface area (Å²) in [5.41, 5.74) is -0.745. The third-order valence-corrected chi connectivity index (χ3v) is 3.12. The highest BCUT2D eigenvalue weighted by molar-refractivity contribution is 5.94. The molecule has 20 heavy (non-hydrogen) atoms. The first-order chi connectivity index (χ1) is 9.48. The van der Waals surface area contributed by atoms with E-state index in [0.29, 0.717) is 19.5 Å². The van der Waals surface area contributed by atoms with Crippen molar-refractivity contribution in [1.82, 2.24) is 10.6 Å². The quantitative estimate of drug-likeness (QED) is 0.747. The molecule has 1 saturated heterocycles. The second-order valence-corrected chi connectivity index (χ2v) is 4.74. The molecule has 1 atom stereocenters. The number of β-amino-alcohol motifs (C(OH)–C–C–N with tert-alkyl or cyclic N) is 1. The van der Waals surface area contributed by atoms with Gasteiger partial charge in [0.15, 0.2) is 0 Å². The Morgan fingerprint density at radius 2 is 2.35 bits per heavy atom. The highest BCUT2D eigenvalue weighted by Crippen LogP contribution is 2.17. The van der Waals surface area contributed by atoms with E-state index in [4.69, 9.17) is 0 Å². The van der Waals surface area contributed by atoms with Crippen molar-refractivity contribution < 1.29 is 23.4 Å². The van der Waals surface area contributed by atoms with E-state index in [0.717, 1.165) is 0 Å². The second kappa shape index (κ2) is 6.15. The molecule has 3 N–H and O–H groups in total. The number of rotatable bonds is 5. The van der Waals surface area contributed by atoms with Crippen LogP contribution < -0.4 is 15.4 Å². The van der Waals surface area contributed by atoms with Crippen molar-refractivity contribution in [1.29, 1.82) is 0 Å². The number of hydrogen-bond acceptors (Lipinski definition) is 4. The molecule has 1 fully saturated rings. The summed E-state index contributed by atoms with van der Waals surface area (Å²) in [5.74, 6) is -0.515. The number of amides is 1. The van der Waals surface area contributed by atoms with Crippen LogP contribution in [-0.2, 0) is 0 Å². The predicted molar refractivity (Wildman–Crippen MR) is 67.8 cm³/mol. The summed E-state index contributed by atoms with van der Waals surface area (Å²) in [6, 6.07) is 5.53. The lowest BCUT2D eigenvalue weighted by Crippen LogP contribution is -2.44. The summed E-state index contributed by atoms with van der Waals surface area (Å²) in [5, 5.41) is 15.7. The van der Waals surface area contributed by atoms with Crippen LogP contribution in [0.2, 0.25) is 0 Å². The molecule has 0 aromatic heterocycles. The standard InChI is InChI=1S/C13H16F2N2O3/c14-12(15)20-10-3-1-2-9(6-10)11(18)17-8-13(19)4-5-16-7-13/h1-3,6,12,16,19H,4-5,7-8H2,(H,17,18). The third kappa shape index (κ3) is 3.88. The van der Waals surface area contributed by atoms with Gasteiger partial charge in [0.2, 0.25) is 0 Å². The van der Waals surface area contributed by atoms with Crippen LogP contribution in [0.5, 0.6) is 5.75 Å². The van der Waals surface area contributed by atoms with Gasteiger partial charge in [-0.15, -0.1) is 0 Å². The van der Waals surface area contributed by atoms with E-state index in [-0.39, 0.29) is 17.9 Å².